The highest BCUT2D eigenvalue weighted by molar-refractivity contribution is 5.98. The van der Waals surface area contributed by atoms with E-state index < -0.39 is 0 Å². The SMILES string of the molecule is C=NCc1c(N)ccc2c1[C@]1(CCCc3c(-c4nc([NH2+]/C=C5/CN(C)CCC5=N)cc(O[C@@H](C)[C@@H]5[C@@H](OC)CCN5C)n4)noc31)CC2. The number of aliphatic imine (C=N–C) groups is 1. The summed E-state index contributed by atoms with van der Waals surface area (Å²) in [5.74, 6) is 2.54. The molecule has 48 heavy (non-hydrogen) atoms. The molecule has 0 amide bonds. The Bertz CT molecular complexity index is 1750. The molecule has 7 rings (SSSR count). The predicted octanol–water partition coefficient (Wildman–Crippen LogP) is 3.40. The van der Waals surface area contributed by atoms with Crippen molar-refractivity contribution in [3.63, 3.8) is 0 Å². The van der Waals surface area contributed by atoms with Gasteiger partial charge in [0, 0.05) is 61.3 Å². The number of hydrogen-bond acceptors (Lipinski definition) is 11. The minimum absolute atomic E-state index is 0.0830. The Kier molecular flexibility index (Phi) is 8.92. The van der Waals surface area contributed by atoms with E-state index in [1.165, 1.54) is 11.1 Å². The molecule has 2 aliphatic carbocycles. The summed E-state index contributed by atoms with van der Waals surface area (Å²) in [6, 6.07) is 6.11. The zero-order chi connectivity index (χ0) is 33.6. The Balaban J connectivity index is 1.28. The Morgan fingerprint density at radius 3 is 2.90 bits per heavy atom. The van der Waals surface area contributed by atoms with Crippen LogP contribution in [-0.2, 0) is 29.5 Å². The normalized spacial score (nSPS) is 25.8. The van der Waals surface area contributed by atoms with E-state index in [9.17, 15) is 0 Å². The Morgan fingerprint density at radius 1 is 1.23 bits per heavy atom. The molecule has 0 radical (unpaired) electrons. The van der Waals surface area contributed by atoms with Crippen LogP contribution < -0.4 is 15.8 Å². The van der Waals surface area contributed by atoms with Crippen LogP contribution in [0.1, 0.15) is 67.0 Å². The second-order valence-electron chi connectivity index (χ2n) is 14.0. The molecule has 4 heterocycles. The van der Waals surface area contributed by atoms with E-state index in [1.807, 2.05) is 23.6 Å². The van der Waals surface area contributed by atoms with Gasteiger partial charge in [0.05, 0.1) is 30.2 Å². The first-order chi connectivity index (χ1) is 23.2. The van der Waals surface area contributed by atoms with Crippen molar-refractivity contribution in [3.05, 3.63) is 58.0 Å². The summed E-state index contributed by atoms with van der Waals surface area (Å²) in [5, 5.41) is 15.2. The molecule has 0 saturated carbocycles. The third-order valence-electron chi connectivity index (χ3n) is 11.0. The van der Waals surface area contributed by atoms with Crippen LogP contribution in [0.25, 0.3) is 11.5 Å². The number of likely N-dealkylation sites (N-methyl/N-ethyl adjacent to an activating group) is 2. The minimum Gasteiger partial charge on any atom is -0.473 e. The molecule has 2 saturated heterocycles. The number of nitrogens with two attached hydrogens (primary N) is 2. The van der Waals surface area contributed by atoms with Gasteiger partial charge >= 0.3 is 0 Å². The topological polar surface area (TPSA) is 156 Å². The molecule has 12 nitrogen and oxygen atoms in total. The van der Waals surface area contributed by atoms with Crippen LogP contribution >= 0.6 is 0 Å². The van der Waals surface area contributed by atoms with Crippen molar-refractivity contribution in [2.45, 2.75) is 82.1 Å². The number of ether oxygens (including phenoxy) is 2. The van der Waals surface area contributed by atoms with Crippen LogP contribution in [0.4, 0.5) is 11.5 Å². The third-order valence-corrected chi connectivity index (χ3v) is 11.0. The summed E-state index contributed by atoms with van der Waals surface area (Å²) >= 11 is 0. The number of fused-ring (bicyclic) bond motifs is 4. The van der Waals surface area contributed by atoms with Crippen LogP contribution in [0.5, 0.6) is 5.88 Å². The molecule has 0 bridgehead atoms. The second-order valence-corrected chi connectivity index (χ2v) is 14.0. The Hall–Kier alpha value is -3.97. The molecule has 3 aromatic rings. The number of nitrogens with one attached hydrogen (secondary N) is 1. The zero-order valence-corrected chi connectivity index (χ0v) is 28.6. The maximum absolute atomic E-state index is 8.51. The van der Waals surface area contributed by atoms with E-state index in [4.69, 9.17) is 35.1 Å². The lowest BCUT2D eigenvalue weighted by Gasteiger charge is -2.34. The van der Waals surface area contributed by atoms with Gasteiger partial charge in [-0.05, 0) is 83.5 Å². The fraction of sp³-hybridized carbons (Fsp3) is 0.528. The Morgan fingerprint density at radius 2 is 2.08 bits per heavy atom. The fourth-order valence-corrected chi connectivity index (χ4v) is 8.60. The third kappa shape index (κ3) is 5.74. The number of nitrogen functional groups attached to an aromatic ring is 1. The van der Waals surface area contributed by atoms with Gasteiger partial charge in [0.1, 0.15) is 12.3 Å². The van der Waals surface area contributed by atoms with Crippen LogP contribution in [0, 0.1) is 5.41 Å². The molecule has 1 aromatic carbocycles. The molecule has 2 aliphatic heterocycles. The number of nitrogens with zero attached hydrogens (tertiary/aromatic N) is 6. The number of benzene rings is 1. The molecule has 2 aromatic heterocycles. The summed E-state index contributed by atoms with van der Waals surface area (Å²) in [4.78, 5) is 18.7. The highest BCUT2D eigenvalue weighted by atomic mass is 16.5. The average Bonchev–Trinajstić information content (AvgIpc) is 3.79. The van der Waals surface area contributed by atoms with E-state index in [0.717, 1.165) is 92.7 Å². The summed E-state index contributed by atoms with van der Waals surface area (Å²) in [6.07, 6.45) is 8.25. The van der Waals surface area contributed by atoms with Crippen molar-refractivity contribution in [2.75, 3.05) is 46.6 Å². The average molecular weight is 655 g/mol. The van der Waals surface area contributed by atoms with Gasteiger partial charge in [-0.25, -0.2) is 0 Å². The largest absolute Gasteiger partial charge is 0.473 e. The van der Waals surface area contributed by atoms with Gasteiger partial charge in [-0.15, -0.1) is 0 Å². The number of anilines is 1. The highest BCUT2D eigenvalue weighted by Crippen LogP contribution is 2.54. The summed E-state index contributed by atoms with van der Waals surface area (Å²) in [5.41, 5.74) is 13.9. The first-order valence-corrected chi connectivity index (χ1v) is 17.1. The van der Waals surface area contributed by atoms with Crippen molar-refractivity contribution >= 4 is 23.9 Å². The number of quaternary nitrogens is 1. The van der Waals surface area contributed by atoms with Crippen molar-refractivity contribution < 1.29 is 19.3 Å². The van der Waals surface area contributed by atoms with E-state index >= 15 is 0 Å². The number of aromatic nitrogens is 3. The van der Waals surface area contributed by atoms with Gasteiger partial charge in [0.15, 0.2) is 17.3 Å². The Labute approximate surface area is 282 Å². The molecule has 254 valence electrons. The first kappa shape index (κ1) is 32.6. The number of rotatable bonds is 9. The van der Waals surface area contributed by atoms with E-state index in [1.54, 1.807) is 7.11 Å². The van der Waals surface area contributed by atoms with Gasteiger partial charge in [0.2, 0.25) is 11.7 Å². The zero-order valence-electron chi connectivity index (χ0n) is 28.6. The lowest BCUT2D eigenvalue weighted by atomic mass is 9.68. The lowest BCUT2D eigenvalue weighted by Crippen LogP contribution is -2.72. The number of piperidine rings is 1. The minimum atomic E-state index is -0.318. The van der Waals surface area contributed by atoms with Crippen LogP contribution in [0.2, 0.25) is 0 Å². The summed E-state index contributed by atoms with van der Waals surface area (Å²) < 4.78 is 18.8. The highest BCUT2D eigenvalue weighted by Gasteiger charge is 2.49. The van der Waals surface area contributed by atoms with E-state index in [2.05, 4.69) is 53.8 Å². The van der Waals surface area contributed by atoms with E-state index in [-0.39, 0.29) is 23.7 Å². The smallest absolute Gasteiger partial charge is 0.236 e. The monoisotopic (exact) mass is 654 g/mol. The van der Waals surface area contributed by atoms with Gasteiger partial charge < -0.3 is 30.0 Å². The quantitative estimate of drug-likeness (QED) is 0.233. The predicted molar refractivity (Wildman–Crippen MR) is 185 cm³/mol. The summed E-state index contributed by atoms with van der Waals surface area (Å²) in [6.45, 7) is 8.89. The standard InChI is InChI=1S/C36H47N9O3/c1-21(33-28(46-5)12-16-45(33)4)47-30-17-29(40-18-23-20-44(3)15-11-26(23)37)41-35(42-30)32-24-7-6-13-36(34(24)48-43-32)14-10-22-8-9-27(38)25(19-39-2)31(22)36/h8-9,17-18,21,28,33,37H,2,6-7,10-16,19-20,38H2,1,3-5H3,(H,40,41,42)/p+1/b23-18-,37-26?/t21-,28-,33+,36-/m0/s1. The molecule has 5 N–H and O–H groups in total. The molecular formula is C36H48N9O3+. The molecule has 4 aliphatic rings. The molecule has 12 heteroatoms. The maximum atomic E-state index is 8.51. The van der Waals surface area contributed by atoms with Crippen LogP contribution in [0.3, 0.4) is 0 Å². The number of aryl methyl sites for hydroxylation is 1. The van der Waals surface area contributed by atoms with Crippen LogP contribution in [0.15, 0.2) is 39.5 Å². The van der Waals surface area contributed by atoms with Gasteiger partial charge in [0.25, 0.3) is 0 Å². The van der Waals surface area contributed by atoms with Crippen molar-refractivity contribution in [2.24, 2.45) is 4.99 Å². The molecule has 4 atom stereocenters. The van der Waals surface area contributed by atoms with Crippen molar-refractivity contribution in [3.8, 4) is 17.4 Å². The van der Waals surface area contributed by atoms with Gasteiger partial charge in [-0.3, -0.25) is 15.2 Å². The molecule has 2 fully saturated rings. The van der Waals surface area contributed by atoms with E-state index in [0.29, 0.717) is 35.5 Å². The van der Waals surface area contributed by atoms with Gasteiger partial charge in [-0.1, -0.05) is 11.2 Å². The van der Waals surface area contributed by atoms with Gasteiger partial charge in [-0.2, -0.15) is 9.97 Å². The van der Waals surface area contributed by atoms with Crippen molar-refractivity contribution in [1.29, 1.82) is 5.41 Å². The number of likely N-dealkylation sites (tertiary alicyclic amines) is 2. The second kappa shape index (κ2) is 13.1. The molecule has 1 spiro atoms. The summed E-state index contributed by atoms with van der Waals surface area (Å²) in [7, 11) is 5.96. The molecular weight excluding hydrogens is 606 g/mol. The molecule has 0 unspecified atom stereocenters. The fourth-order valence-electron chi connectivity index (χ4n) is 8.60. The number of hydrogen-bond donors (Lipinski definition) is 3. The van der Waals surface area contributed by atoms with Crippen molar-refractivity contribution in [1.82, 2.24) is 24.9 Å². The maximum Gasteiger partial charge on any atom is 0.236 e. The van der Waals surface area contributed by atoms with Crippen LogP contribution in [-0.4, -0.2) is 96.4 Å². The number of methoxy groups -OCH3 is 1. The lowest BCUT2D eigenvalue weighted by molar-refractivity contribution is -0.501. The first-order valence-electron chi connectivity index (χ1n) is 17.1.